The molecule has 0 spiro atoms. The van der Waals surface area contributed by atoms with E-state index in [1.807, 2.05) is 32.3 Å². The van der Waals surface area contributed by atoms with Crippen LogP contribution in [0.2, 0.25) is 0 Å². The molecule has 0 radical (unpaired) electrons. The van der Waals surface area contributed by atoms with E-state index in [1.165, 1.54) is 4.90 Å². The number of fused-ring (bicyclic) bond motifs is 3. The first-order valence-electron chi connectivity index (χ1n) is 8.58. The first-order valence-corrected chi connectivity index (χ1v) is 8.58. The number of carbonyl (C=O) groups is 1. The number of aromatic nitrogens is 4. The second-order valence-corrected chi connectivity index (χ2v) is 6.63. The molecule has 0 saturated heterocycles. The highest BCUT2D eigenvalue weighted by Crippen LogP contribution is 2.21. The Hall–Kier alpha value is -2.70. The largest absolute Gasteiger partial charge is 0.465 e. The molecule has 3 aromatic heterocycles. The summed E-state index contributed by atoms with van der Waals surface area (Å²) in [6.45, 7) is 5.96. The zero-order chi connectivity index (χ0) is 17.8. The molecule has 0 bridgehead atoms. The zero-order valence-electron chi connectivity index (χ0n) is 14.6. The van der Waals surface area contributed by atoms with E-state index >= 15 is 0 Å². The topological polar surface area (TPSA) is 84.1 Å². The first kappa shape index (κ1) is 17.1. The number of nitrogens with zero attached hydrogens (tertiary/aromatic N) is 5. The minimum absolute atomic E-state index is 0.332. The fourth-order valence-corrected chi connectivity index (χ4v) is 3.02. The lowest BCUT2D eigenvalue weighted by molar-refractivity contribution is 0.138. The molecule has 1 N–H and O–H groups in total. The standard InChI is InChI=1S/C18H23N5O2/c1-13(2)11-22(18(24)25)8-3-4-9-23-12-21-15-10-20-14-6-5-7-19-16(14)17(15)23/h5-7,10,12-13H,3-4,8-9,11H2,1-2H3,(H,24,25). The van der Waals surface area contributed by atoms with Crippen molar-refractivity contribution < 1.29 is 9.90 Å². The number of unbranched alkanes of at least 4 members (excludes halogenated alkanes) is 1. The summed E-state index contributed by atoms with van der Waals surface area (Å²) in [6.07, 6.45) is 6.19. The fraction of sp³-hybridized carbons (Fsp3) is 0.444. The summed E-state index contributed by atoms with van der Waals surface area (Å²) in [5, 5.41) is 9.26. The summed E-state index contributed by atoms with van der Waals surface area (Å²) >= 11 is 0. The smallest absolute Gasteiger partial charge is 0.407 e. The summed E-state index contributed by atoms with van der Waals surface area (Å²) in [5.41, 5.74) is 3.52. The van der Waals surface area contributed by atoms with E-state index in [-0.39, 0.29) is 0 Å². The van der Waals surface area contributed by atoms with Crippen LogP contribution in [0.25, 0.3) is 22.1 Å². The highest BCUT2D eigenvalue weighted by atomic mass is 16.4. The Morgan fingerprint density at radius 3 is 2.84 bits per heavy atom. The lowest BCUT2D eigenvalue weighted by Crippen LogP contribution is -2.33. The van der Waals surface area contributed by atoms with Crippen molar-refractivity contribution in [2.45, 2.75) is 33.2 Å². The lowest BCUT2D eigenvalue weighted by Gasteiger charge is -2.21. The summed E-state index contributed by atoms with van der Waals surface area (Å²) < 4.78 is 2.08. The Morgan fingerprint density at radius 1 is 1.24 bits per heavy atom. The maximum atomic E-state index is 11.3. The average molecular weight is 341 g/mol. The van der Waals surface area contributed by atoms with Gasteiger partial charge in [-0.3, -0.25) is 9.97 Å². The van der Waals surface area contributed by atoms with Gasteiger partial charge in [-0.15, -0.1) is 0 Å². The maximum Gasteiger partial charge on any atom is 0.407 e. The normalized spacial score (nSPS) is 11.5. The van der Waals surface area contributed by atoms with Gasteiger partial charge in [-0.2, -0.15) is 0 Å². The monoisotopic (exact) mass is 341 g/mol. The van der Waals surface area contributed by atoms with E-state index in [0.717, 1.165) is 41.5 Å². The van der Waals surface area contributed by atoms with E-state index in [2.05, 4.69) is 19.5 Å². The van der Waals surface area contributed by atoms with Crippen LogP contribution < -0.4 is 0 Å². The van der Waals surface area contributed by atoms with Gasteiger partial charge in [-0.25, -0.2) is 9.78 Å². The number of aryl methyl sites for hydroxylation is 1. The quantitative estimate of drug-likeness (QED) is 0.666. The predicted molar refractivity (Wildman–Crippen MR) is 96.5 cm³/mol. The van der Waals surface area contributed by atoms with Gasteiger partial charge in [-0.05, 0) is 30.9 Å². The minimum atomic E-state index is -0.844. The second-order valence-electron chi connectivity index (χ2n) is 6.63. The van der Waals surface area contributed by atoms with E-state index in [4.69, 9.17) is 0 Å². The molecular formula is C18H23N5O2. The van der Waals surface area contributed by atoms with E-state index in [1.54, 1.807) is 12.4 Å². The van der Waals surface area contributed by atoms with Gasteiger partial charge in [0.25, 0.3) is 0 Å². The van der Waals surface area contributed by atoms with Crippen molar-refractivity contribution in [2.24, 2.45) is 5.92 Å². The van der Waals surface area contributed by atoms with Gasteiger partial charge in [0.2, 0.25) is 0 Å². The van der Waals surface area contributed by atoms with Crippen molar-refractivity contribution >= 4 is 28.2 Å². The molecule has 0 atom stereocenters. The molecule has 0 fully saturated rings. The van der Waals surface area contributed by atoms with Crippen LogP contribution in [0.5, 0.6) is 0 Å². The van der Waals surface area contributed by atoms with Crippen LogP contribution in [-0.4, -0.2) is 48.7 Å². The van der Waals surface area contributed by atoms with Gasteiger partial charge < -0.3 is 14.6 Å². The second kappa shape index (κ2) is 7.46. The number of imidazole rings is 1. The third-order valence-corrected chi connectivity index (χ3v) is 4.14. The number of rotatable bonds is 7. The molecule has 132 valence electrons. The Balaban J connectivity index is 1.68. The van der Waals surface area contributed by atoms with Crippen molar-refractivity contribution in [1.82, 2.24) is 24.4 Å². The Labute approximate surface area is 146 Å². The third kappa shape index (κ3) is 3.87. The summed E-state index contributed by atoms with van der Waals surface area (Å²) in [5.74, 6) is 0.332. The van der Waals surface area contributed by atoms with Gasteiger partial charge in [0.1, 0.15) is 11.0 Å². The van der Waals surface area contributed by atoms with Gasteiger partial charge in [0.15, 0.2) is 0 Å². The molecule has 0 aliphatic carbocycles. The summed E-state index contributed by atoms with van der Waals surface area (Å²) in [4.78, 5) is 26.0. The molecule has 1 amide bonds. The predicted octanol–water partition coefficient (Wildman–Crippen LogP) is 3.40. The molecular weight excluding hydrogens is 318 g/mol. The van der Waals surface area contributed by atoms with Crippen LogP contribution in [0, 0.1) is 5.92 Å². The summed E-state index contributed by atoms with van der Waals surface area (Å²) in [6, 6.07) is 3.81. The van der Waals surface area contributed by atoms with Crippen molar-refractivity contribution in [1.29, 1.82) is 0 Å². The molecule has 0 aromatic carbocycles. The van der Waals surface area contributed by atoms with Crippen molar-refractivity contribution in [3.8, 4) is 0 Å². The van der Waals surface area contributed by atoms with E-state index in [9.17, 15) is 9.90 Å². The zero-order valence-corrected chi connectivity index (χ0v) is 14.6. The number of hydrogen-bond acceptors (Lipinski definition) is 4. The van der Waals surface area contributed by atoms with Gasteiger partial charge >= 0.3 is 6.09 Å². The summed E-state index contributed by atoms with van der Waals surface area (Å²) in [7, 11) is 0. The highest BCUT2D eigenvalue weighted by Gasteiger charge is 2.13. The van der Waals surface area contributed by atoms with Crippen molar-refractivity contribution in [3.05, 3.63) is 30.9 Å². The maximum absolute atomic E-state index is 11.3. The van der Waals surface area contributed by atoms with Crippen LogP contribution in [-0.2, 0) is 6.54 Å². The Bertz CT molecular complexity index is 874. The van der Waals surface area contributed by atoms with Crippen LogP contribution in [0.3, 0.4) is 0 Å². The Kier molecular flexibility index (Phi) is 5.11. The lowest BCUT2D eigenvalue weighted by atomic mass is 10.2. The Morgan fingerprint density at radius 2 is 2.08 bits per heavy atom. The molecule has 0 unspecified atom stereocenters. The number of carboxylic acid groups (broad SMARTS) is 1. The van der Waals surface area contributed by atoms with Crippen LogP contribution in [0.1, 0.15) is 26.7 Å². The molecule has 25 heavy (non-hydrogen) atoms. The molecule has 0 aliphatic heterocycles. The fourth-order valence-electron chi connectivity index (χ4n) is 3.02. The molecule has 0 saturated carbocycles. The SMILES string of the molecule is CC(C)CN(CCCCn1cnc2cnc3cccnc3c21)C(=O)O. The third-order valence-electron chi connectivity index (χ3n) is 4.14. The van der Waals surface area contributed by atoms with Crippen LogP contribution in [0.4, 0.5) is 4.79 Å². The average Bonchev–Trinajstić information content (AvgIpc) is 3.00. The molecule has 3 rings (SSSR count). The van der Waals surface area contributed by atoms with Crippen LogP contribution >= 0.6 is 0 Å². The highest BCUT2D eigenvalue weighted by molar-refractivity contribution is 5.99. The molecule has 3 aromatic rings. The molecule has 7 nitrogen and oxygen atoms in total. The molecule has 7 heteroatoms. The first-order chi connectivity index (χ1) is 12.1. The van der Waals surface area contributed by atoms with Crippen molar-refractivity contribution in [3.63, 3.8) is 0 Å². The minimum Gasteiger partial charge on any atom is -0.465 e. The molecule has 0 aliphatic rings. The number of hydrogen-bond donors (Lipinski definition) is 1. The van der Waals surface area contributed by atoms with Crippen LogP contribution in [0.15, 0.2) is 30.9 Å². The number of pyridine rings is 2. The van der Waals surface area contributed by atoms with E-state index < -0.39 is 6.09 Å². The molecule has 3 heterocycles. The van der Waals surface area contributed by atoms with Gasteiger partial charge in [-0.1, -0.05) is 13.8 Å². The number of amides is 1. The van der Waals surface area contributed by atoms with Gasteiger partial charge in [0.05, 0.1) is 23.6 Å². The van der Waals surface area contributed by atoms with E-state index in [0.29, 0.717) is 19.0 Å². The van der Waals surface area contributed by atoms with Gasteiger partial charge in [0, 0.05) is 25.8 Å². The van der Waals surface area contributed by atoms with Crippen molar-refractivity contribution in [2.75, 3.05) is 13.1 Å².